The smallest absolute Gasteiger partial charge is 0.230 e. The molecule has 2 saturated carbocycles. The average molecular weight is 254 g/mol. The topological polar surface area (TPSA) is 66.6 Å². The van der Waals surface area contributed by atoms with E-state index in [0.29, 0.717) is 25.6 Å². The van der Waals surface area contributed by atoms with Gasteiger partial charge in [-0.1, -0.05) is 12.8 Å². The number of carbonyl (C=O) groups is 1. The lowest BCUT2D eigenvalue weighted by Gasteiger charge is -2.42. The number of carbonyl (C=O) groups excluding carboxylic acids is 1. The van der Waals surface area contributed by atoms with Crippen LogP contribution in [0.1, 0.15) is 51.4 Å². The molecule has 0 aromatic heterocycles. The molecule has 2 rings (SSSR count). The molecular weight excluding hydrogens is 228 g/mol. The molecule has 0 saturated heterocycles. The first-order chi connectivity index (χ1) is 8.73. The van der Waals surface area contributed by atoms with E-state index in [1.807, 2.05) is 4.90 Å². The third kappa shape index (κ3) is 2.54. The minimum Gasteiger partial charge on any atom is -0.396 e. The van der Waals surface area contributed by atoms with Gasteiger partial charge in [-0.2, -0.15) is 0 Å². The highest BCUT2D eigenvalue weighted by atomic mass is 16.3. The number of nitrogens with two attached hydrogens (primary N) is 1. The van der Waals surface area contributed by atoms with Crippen molar-refractivity contribution in [1.82, 2.24) is 4.90 Å². The van der Waals surface area contributed by atoms with Gasteiger partial charge in [-0.25, -0.2) is 0 Å². The highest BCUT2D eigenvalue weighted by molar-refractivity contribution is 5.83. The van der Waals surface area contributed by atoms with Gasteiger partial charge in [-0.15, -0.1) is 0 Å². The summed E-state index contributed by atoms with van der Waals surface area (Å²) in [5.74, 6) is 0.264. The molecule has 0 aromatic carbocycles. The molecule has 0 radical (unpaired) electrons. The standard InChI is InChI=1S/C14H26N2O2/c15-11-14(7-1-2-8-14)13(18)16(9-4-10-17)12-5-3-6-12/h12,17H,1-11,15H2. The monoisotopic (exact) mass is 254 g/mol. The molecule has 0 spiro atoms. The van der Waals surface area contributed by atoms with Crippen LogP contribution in [-0.2, 0) is 4.79 Å². The van der Waals surface area contributed by atoms with Gasteiger partial charge in [0.1, 0.15) is 0 Å². The zero-order chi connectivity index (χ0) is 13.0. The summed E-state index contributed by atoms with van der Waals surface area (Å²) in [6.45, 7) is 1.34. The number of hydrogen-bond acceptors (Lipinski definition) is 3. The van der Waals surface area contributed by atoms with Gasteiger partial charge >= 0.3 is 0 Å². The largest absolute Gasteiger partial charge is 0.396 e. The van der Waals surface area contributed by atoms with E-state index in [4.69, 9.17) is 10.8 Å². The highest BCUT2D eigenvalue weighted by Gasteiger charge is 2.44. The first-order valence-electron chi connectivity index (χ1n) is 7.35. The van der Waals surface area contributed by atoms with Crippen molar-refractivity contribution in [3.05, 3.63) is 0 Å². The van der Waals surface area contributed by atoms with Crippen molar-refractivity contribution >= 4 is 5.91 Å². The Morgan fingerprint density at radius 1 is 1.28 bits per heavy atom. The van der Waals surface area contributed by atoms with Crippen molar-refractivity contribution in [3.63, 3.8) is 0 Å². The third-order valence-corrected chi connectivity index (χ3v) is 4.74. The summed E-state index contributed by atoms with van der Waals surface area (Å²) in [5, 5.41) is 8.99. The van der Waals surface area contributed by atoms with Crippen LogP contribution in [0.2, 0.25) is 0 Å². The van der Waals surface area contributed by atoms with Crippen LogP contribution >= 0.6 is 0 Å². The molecule has 0 bridgehead atoms. The molecule has 4 nitrogen and oxygen atoms in total. The summed E-state index contributed by atoms with van der Waals surface area (Å²) in [5.41, 5.74) is 5.61. The van der Waals surface area contributed by atoms with Crippen molar-refractivity contribution in [2.45, 2.75) is 57.4 Å². The lowest BCUT2D eigenvalue weighted by molar-refractivity contribution is -0.146. The molecule has 0 unspecified atom stereocenters. The molecule has 104 valence electrons. The van der Waals surface area contributed by atoms with E-state index in [1.54, 1.807) is 0 Å². The zero-order valence-electron chi connectivity index (χ0n) is 11.2. The van der Waals surface area contributed by atoms with E-state index in [1.165, 1.54) is 6.42 Å². The minimum atomic E-state index is -0.287. The van der Waals surface area contributed by atoms with Crippen LogP contribution in [0.25, 0.3) is 0 Å². The lowest BCUT2D eigenvalue weighted by atomic mass is 9.82. The first kappa shape index (κ1) is 13.8. The minimum absolute atomic E-state index is 0.159. The van der Waals surface area contributed by atoms with Gasteiger partial charge in [0.2, 0.25) is 5.91 Å². The molecule has 2 aliphatic carbocycles. The van der Waals surface area contributed by atoms with Crippen LogP contribution in [0, 0.1) is 5.41 Å². The van der Waals surface area contributed by atoms with Gasteiger partial charge in [0.05, 0.1) is 5.41 Å². The maximum absolute atomic E-state index is 12.8. The zero-order valence-corrected chi connectivity index (χ0v) is 11.2. The van der Waals surface area contributed by atoms with Gasteiger partial charge in [0.25, 0.3) is 0 Å². The number of aliphatic hydroxyl groups excluding tert-OH is 1. The van der Waals surface area contributed by atoms with Gasteiger partial charge < -0.3 is 15.7 Å². The van der Waals surface area contributed by atoms with Crippen LogP contribution in [-0.4, -0.2) is 41.7 Å². The number of amides is 1. The molecule has 0 aliphatic heterocycles. The maximum Gasteiger partial charge on any atom is 0.230 e. The second kappa shape index (κ2) is 6.02. The number of hydrogen-bond donors (Lipinski definition) is 2. The molecular formula is C14H26N2O2. The summed E-state index contributed by atoms with van der Waals surface area (Å²) in [7, 11) is 0. The Labute approximate surface area is 110 Å². The fourth-order valence-electron chi connectivity index (χ4n) is 3.25. The Morgan fingerprint density at radius 3 is 2.39 bits per heavy atom. The molecule has 0 heterocycles. The molecule has 3 N–H and O–H groups in total. The maximum atomic E-state index is 12.8. The molecule has 1 amide bonds. The van der Waals surface area contributed by atoms with Crippen molar-refractivity contribution < 1.29 is 9.90 Å². The van der Waals surface area contributed by atoms with Crippen LogP contribution in [0.4, 0.5) is 0 Å². The molecule has 4 heteroatoms. The Kier molecular flexibility index (Phi) is 4.62. The first-order valence-corrected chi connectivity index (χ1v) is 7.35. The van der Waals surface area contributed by atoms with E-state index >= 15 is 0 Å². The Hall–Kier alpha value is -0.610. The quantitative estimate of drug-likeness (QED) is 0.750. The lowest BCUT2D eigenvalue weighted by Crippen LogP contribution is -2.53. The van der Waals surface area contributed by atoms with Gasteiger partial charge in [-0.3, -0.25) is 4.79 Å². The second-order valence-electron chi connectivity index (χ2n) is 5.85. The highest BCUT2D eigenvalue weighted by Crippen LogP contribution is 2.40. The fraction of sp³-hybridized carbons (Fsp3) is 0.929. The van der Waals surface area contributed by atoms with E-state index in [0.717, 1.165) is 38.5 Å². The normalized spacial score (nSPS) is 22.8. The second-order valence-corrected chi connectivity index (χ2v) is 5.85. The summed E-state index contributed by atoms with van der Waals surface area (Å²) in [4.78, 5) is 14.8. The van der Waals surface area contributed by atoms with Crippen LogP contribution in [0.5, 0.6) is 0 Å². The van der Waals surface area contributed by atoms with Crippen molar-refractivity contribution in [2.24, 2.45) is 11.1 Å². The number of aliphatic hydroxyl groups is 1. The van der Waals surface area contributed by atoms with Crippen molar-refractivity contribution in [2.75, 3.05) is 19.7 Å². The predicted molar refractivity (Wildman–Crippen MR) is 71.0 cm³/mol. The van der Waals surface area contributed by atoms with Crippen LogP contribution in [0.15, 0.2) is 0 Å². The fourth-order valence-corrected chi connectivity index (χ4v) is 3.25. The summed E-state index contributed by atoms with van der Waals surface area (Å²) < 4.78 is 0. The predicted octanol–water partition coefficient (Wildman–Crippen LogP) is 1.27. The van der Waals surface area contributed by atoms with E-state index in [9.17, 15) is 4.79 Å². The summed E-state index contributed by atoms with van der Waals surface area (Å²) >= 11 is 0. The SMILES string of the molecule is NCC1(C(=O)N(CCCO)C2CCC2)CCCC1. The molecule has 2 aliphatic rings. The van der Waals surface area contributed by atoms with Crippen LogP contribution in [0.3, 0.4) is 0 Å². The van der Waals surface area contributed by atoms with E-state index in [-0.39, 0.29) is 17.9 Å². The van der Waals surface area contributed by atoms with Gasteiger partial charge in [0.15, 0.2) is 0 Å². The average Bonchev–Trinajstić information content (AvgIpc) is 2.81. The number of rotatable bonds is 6. The van der Waals surface area contributed by atoms with Crippen molar-refractivity contribution in [3.8, 4) is 0 Å². The Balaban J connectivity index is 2.05. The summed E-state index contributed by atoms with van der Waals surface area (Å²) in [6, 6.07) is 0.410. The molecule has 18 heavy (non-hydrogen) atoms. The van der Waals surface area contributed by atoms with Gasteiger partial charge in [-0.05, 0) is 38.5 Å². The van der Waals surface area contributed by atoms with Crippen LogP contribution < -0.4 is 5.73 Å². The Bertz CT molecular complexity index is 284. The molecule has 2 fully saturated rings. The molecule has 0 atom stereocenters. The van der Waals surface area contributed by atoms with Crippen molar-refractivity contribution in [1.29, 1.82) is 0 Å². The number of nitrogens with zero attached hydrogens (tertiary/aromatic N) is 1. The molecule has 0 aromatic rings. The Morgan fingerprint density at radius 2 is 1.94 bits per heavy atom. The van der Waals surface area contributed by atoms with E-state index < -0.39 is 0 Å². The van der Waals surface area contributed by atoms with E-state index in [2.05, 4.69) is 0 Å². The summed E-state index contributed by atoms with van der Waals surface area (Å²) in [6.07, 6.45) is 8.31. The third-order valence-electron chi connectivity index (χ3n) is 4.74. The van der Waals surface area contributed by atoms with Gasteiger partial charge in [0, 0.05) is 25.7 Å².